The Bertz CT molecular complexity index is 306. The first kappa shape index (κ1) is 19.0. The fourth-order valence-electron chi connectivity index (χ4n) is 4.92. The van der Waals surface area contributed by atoms with Crippen molar-refractivity contribution in [1.29, 1.82) is 0 Å². The number of hydrogen-bond donors (Lipinski definition) is 0. The molecule has 0 amide bonds. The molecule has 2 fully saturated rings. The Hall–Kier alpha value is -0.330. The van der Waals surface area contributed by atoms with E-state index in [1.807, 2.05) is 0 Å². The monoisotopic (exact) mass is 322 g/mol. The lowest BCUT2D eigenvalue weighted by Gasteiger charge is -2.37. The number of hydrogen-bond acceptors (Lipinski definition) is 0. The SMILES string of the molecule is CCCCCC1CCC(C2CCC(/C=C/CCCF)CC2)CC1. The Kier molecular flexibility index (Phi) is 9.31. The molecule has 0 saturated heterocycles. The zero-order valence-electron chi connectivity index (χ0n) is 15.4. The molecule has 0 aliphatic heterocycles. The molecule has 0 nitrogen and oxygen atoms in total. The third-order valence-corrected chi connectivity index (χ3v) is 6.50. The van der Waals surface area contributed by atoms with Crippen molar-refractivity contribution in [2.75, 3.05) is 6.67 Å². The molecule has 0 spiro atoms. The van der Waals surface area contributed by atoms with Crippen molar-refractivity contribution in [2.24, 2.45) is 23.7 Å². The molecule has 1 heteroatoms. The van der Waals surface area contributed by atoms with Gasteiger partial charge in [-0.15, -0.1) is 0 Å². The van der Waals surface area contributed by atoms with Gasteiger partial charge in [-0.1, -0.05) is 57.6 Å². The number of rotatable bonds is 9. The van der Waals surface area contributed by atoms with Gasteiger partial charge in [-0.25, -0.2) is 0 Å². The van der Waals surface area contributed by atoms with Crippen molar-refractivity contribution >= 4 is 0 Å². The van der Waals surface area contributed by atoms with Gasteiger partial charge in [0.1, 0.15) is 0 Å². The van der Waals surface area contributed by atoms with Gasteiger partial charge in [0, 0.05) is 0 Å². The van der Waals surface area contributed by atoms with E-state index in [0.717, 1.165) is 30.1 Å². The maximum Gasteiger partial charge on any atom is 0.0897 e. The van der Waals surface area contributed by atoms with E-state index in [1.165, 1.54) is 77.0 Å². The highest BCUT2D eigenvalue weighted by Gasteiger charge is 2.30. The summed E-state index contributed by atoms with van der Waals surface area (Å²) in [6, 6.07) is 0. The number of alkyl halides is 1. The first-order valence-corrected chi connectivity index (χ1v) is 10.6. The fraction of sp³-hybridized carbons (Fsp3) is 0.909. The van der Waals surface area contributed by atoms with Crippen LogP contribution in [0.1, 0.15) is 96.8 Å². The van der Waals surface area contributed by atoms with E-state index in [0.29, 0.717) is 6.42 Å². The molecular formula is C22H39F. The topological polar surface area (TPSA) is 0 Å². The van der Waals surface area contributed by atoms with Gasteiger partial charge < -0.3 is 0 Å². The Morgan fingerprint density at radius 1 is 0.826 bits per heavy atom. The largest absolute Gasteiger partial charge is 0.251 e. The average Bonchev–Trinajstić information content (AvgIpc) is 2.60. The second kappa shape index (κ2) is 11.3. The van der Waals surface area contributed by atoms with Crippen LogP contribution in [0, 0.1) is 23.7 Å². The lowest BCUT2D eigenvalue weighted by atomic mass is 9.68. The molecule has 0 N–H and O–H groups in total. The van der Waals surface area contributed by atoms with Crippen LogP contribution in [0.15, 0.2) is 12.2 Å². The quantitative estimate of drug-likeness (QED) is 0.305. The Morgan fingerprint density at radius 3 is 2.09 bits per heavy atom. The van der Waals surface area contributed by atoms with E-state index in [9.17, 15) is 4.39 Å². The first-order chi connectivity index (χ1) is 11.3. The van der Waals surface area contributed by atoms with E-state index in [1.54, 1.807) is 0 Å². The molecular weight excluding hydrogens is 283 g/mol. The highest BCUT2D eigenvalue weighted by Crippen LogP contribution is 2.42. The Balaban J connectivity index is 1.60. The molecule has 2 aliphatic rings. The third-order valence-electron chi connectivity index (χ3n) is 6.50. The number of unbranched alkanes of at least 4 members (excludes halogenated alkanes) is 3. The van der Waals surface area contributed by atoms with Crippen LogP contribution < -0.4 is 0 Å². The number of halogens is 1. The molecule has 2 aliphatic carbocycles. The normalized spacial score (nSPS) is 32.4. The molecule has 23 heavy (non-hydrogen) atoms. The van der Waals surface area contributed by atoms with E-state index in [4.69, 9.17) is 0 Å². The van der Waals surface area contributed by atoms with E-state index in [2.05, 4.69) is 19.1 Å². The summed E-state index contributed by atoms with van der Waals surface area (Å²) < 4.78 is 12.1. The standard InChI is InChI=1S/C22H39F/c1-2-3-5-8-19-10-14-21(15-11-19)22-16-12-20(13-17-22)9-6-4-7-18-23/h6,9,19-22H,2-5,7-8,10-18H2,1H3/b9-6+. The van der Waals surface area contributed by atoms with Crippen molar-refractivity contribution in [2.45, 2.75) is 96.8 Å². The Labute approximate surface area is 144 Å². The lowest BCUT2D eigenvalue weighted by Crippen LogP contribution is -2.25. The van der Waals surface area contributed by atoms with E-state index >= 15 is 0 Å². The summed E-state index contributed by atoms with van der Waals surface area (Å²) >= 11 is 0. The molecule has 134 valence electrons. The van der Waals surface area contributed by atoms with Gasteiger partial charge in [0.2, 0.25) is 0 Å². The highest BCUT2D eigenvalue weighted by molar-refractivity contribution is 4.92. The van der Waals surface area contributed by atoms with Crippen LogP contribution in [-0.2, 0) is 0 Å². The van der Waals surface area contributed by atoms with Gasteiger partial charge in [0.25, 0.3) is 0 Å². The van der Waals surface area contributed by atoms with Gasteiger partial charge in [0.05, 0.1) is 6.67 Å². The maximum absolute atomic E-state index is 12.1. The summed E-state index contributed by atoms with van der Waals surface area (Å²) in [5.74, 6) is 3.89. The fourth-order valence-corrected chi connectivity index (χ4v) is 4.92. The second-order valence-electron chi connectivity index (χ2n) is 8.21. The van der Waals surface area contributed by atoms with Gasteiger partial charge >= 0.3 is 0 Å². The van der Waals surface area contributed by atoms with E-state index in [-0.39, 0.29) is 6.67 Å². The zero-order valence-corrected chi connectivity index (χ0v) is 15.4. The molecule has 2 saturated carbocycles. The minimum Gasteiger partial charge on any atom is -0.251 e. The minimum atomic E-state index is -0.168. The molecule has 0 heterocycles. The molecule has 0 aromatic rings. The summed E-state index contributed by atoms with van der Waals surface area (Å²) in [5.41, 5.74) is 0. The van der Waals surface area contributed by atoms with Crippen molar-refractivity contribution in [1.82, 2.24) is 0 Å². The molecule has 0 atom stereocenters. The average molecular weight is 323 g/mol. The first-order valence-electron chi connectivity index (χ1n) is 10.6. The van der Waals surface area contributed by atoms with Crippen molar-refractivity contribution < 1.29 is 4.39 Å². The van der Waals surface area contributed by atoms with Gasteiger partial charge in [-0.3, -0.25) is 4.39 Å². The molecule has 0 aromatic heterocycles. The summed E-state index contributed by atoms with van der Waals surface area (Å²) in [6.45, 7) is 2.14. The smallest absolute Gasteiger partial charge is 0.0897 e. The van der Waals surface area contributed by atoms with Crippen molar-refractivity contribution in [3.05, 3.63) is 12.2 Å². The second-order valence-corrected chi connectivity index (χ2v) is 8.21. The molecule has 0 radical (unpaired) electrons. The molecule has 0 aromatic carbocycles. The Morgan fingerprint density at radius 2 is 1.48 bits per heavy atom. The predicted octanol–water partition coefficient (Wildman–Crippen LogP) is 7.49. The number of allylic oxidation sites excluding steroid dienone is 2. The van der Waals surface area contributed by atoms with Gasteiger partial charge in [-0.05, 0) is 75.0 Å². The van der Waals surface area contributed by atoms with Gasteiger partial charge in [-0.2, -0.15) is 0 Å². The van der Waals surface area contributed by atoms with Crippen LogP contribution in [0.4, 0.5) is 4.39 Å². The summed E-state index contributed by atoms with van der Waals surface area (Å²) in [5, 5.41) is 0. The van der Waals surface area contributed by atoms with Crippen LogP contribution in [0.5, 0.6) is 0 Å². The summed E-state index contributed by atoms with van der Waals surface area (Å²) in [4.78, 5) is 0. The van der Waals surface area contributed by atoms with Crippen molar-refractivity contribution in [3.63, 3.8) is 0 Å². The zero-order chi connectivity index (χ0) is 16.3. The van der Waals surface area contributed by atoms with Crippen LogP contribution in [0.3, 0.4) is 0 Å². The minimum absolute atomic E-state index is 0.168. The maximum atomic E-state index is 12.1. The van der Waals surface area contributed by atoms with Crippen LogP contribution in [0.2, 0.25) is 0 Å². The summed E-state index contributed by atoms with van der Waals surface area (Å²) in [7, 11) is 0. The molecule has 0 bridgehead atoms. The predicted molar refractivity (Wildman–Crippen MR) is 99.4 cm³/mol. The lowest BCUT2D eigenvalue weighted by molar-refractivity contribution is 0.151. The van der Waals surface area contributed by atoms with Gasteiger partial charge in [0.15, 0.2) is 0 Å². The summed E-state index contributed by atoms with van der Waals surface area (Å²) in [6.07, 6.45) is 23.7. The van der Waals surface area contributed by atoms with Crippen LogP contribution in [0.25, 0.3) is 0 Å². The molecule has 0 unspecified atom stereocenters. The highest BCUT2D eigenvalue weighted by atomic mass is 19.1. The van der Waals surface area contributed by atoms with Crippen molar-refractivity contribution in [3.8, 4) is 0 Å². The van der Waals surface area contributed by atoms with Crippen LogP contribution >= 0.6 is 0 Å². The third kappa shape index (κ3) is 6.98. The van der Waals surface area contributed by atoms with Crippen LogP contribution in [-0.4, -0.2) is 6.67 Å². The molecule has 2 rings (SSSR count). The van der Waals surface area contributed by atoms with E-state index < -0.39 is 0 Å².